The number of nitrogens with zero attached hydrogens (tertiary/aromatic N) is 1. The van der Waals surface area contributed by atoms with Crippen LogP contribution in [-0.4, -0.2) is 42.7 Å². The molecular weight excluding hydrogens is 439 g/mol. The van der Waals surface area contributed by atoms with Crippen LogP contribution in [0.5, 0.6) is 0 Å². The lowest BCUT2D eigenvalue weighted by Gasteiger charge is -2.43. The maximum Gasteiger partial charge on any atom is 0.252 e. The Morgan fingerprint density at radius 3 is 2.71 bits per heavy atom. The molecule has 2 aliphatic rings. The Hall–Kier alpha value is -2.83. The first-order chi connectivity index (χ1) is 16.2. The molecule has 1 N–H and O–H groups in total. The number of fused-ring (bicyclic) bond motifs is 1. The second-order valence-electron chi connectivity index (χ2n) is 9.16. The SMILES string of the molecule is CNC(=O)[C@@]1(OCc2cccc(F)c2)CC(OCc2ccccc2C#N)[C@@H]2OC(C)(C)O[C@@H]2C1. The quantitative estimate of drug-likeness (QED) is 0.668. The Bertz CT molecular complexity index is 1080. The van der Waals surface area contributed by atoms with Gasteiger partial charge in [-0.2, -0.15) is 5.26 Å². The number of likely N-dealkylation sites (N-methyl/N-ethyl adjacent to an activating group) is 1. The van der Waals surface area contributed by atoms with Crippen LogP contribution in [0.15, 0.2) is 48.5 Å². The number of carbonyl (C=O) groups excluding carboxylic acids is 1. The minimum absolute atomic E-state index is 0.0524. The maximum absolute atomic E-state index is 13.7. The van der Waals surface area contributed by atoms with Crippen molar-refractivity contribution in [1.82, 2.24) is 5.32 Å². The van der Waals surface area contributed by atoms with Crippen molar-refractivity contribution >= 4 is 5.91 Å². The summed E-state index contributed by atoms with van der Waals surface area (Å²) in [4.78, 5) is 13.1. The molecule has 0 aromatic heterocycles. The predicted molar refractivity (Wildman–Crippen MR) is 121 cm³/mol. The third-order valence-corrected chi connectivity index (χ3v) is 6.29. The lowest BCUT2D eigenvalue weighted by Crippen LogP contribution is -2.59. The van der Waals surface area contributed by atoms with Gasteiger partial charge >= 0.3 is 0 Å². The average Bonchev–Trinajstić information content (AvgIpc) is 3.14. The highest BCUT2D eigenvalue weighted by atomic mass is 19.1. The first-order valence-electron chi connectivity index (χ1n) is 11.3. The highest BCUT2D eigenvalue weighted by molar-refractivity contribution is 5.85. The number of rotatable bonds is 7. The molecule has 0 bridgehead atoms. The second-order valence-corrected chi connectivity index (χ2v) is 9.16. The third-order valence-electron chi connectivity index (χ3n) is 6.29. The molecule has 1 aliphatic heterocycles. The molecule has 1 saturated carbocycles. The summed E-state index contributed by atoms with van der Waals surface area (Å²) in [7, 11) is 1.55. The monoisotopic (exact) mass is 468 g/mol. The molecule has 0 radical (unpaired) electrons. The molecule has 180 valence electrons. The number of ether oxygens (including phenoxy) is 4. The molecule has 1 aliphatic carbocycles. The molecule has 4 atom stereocenters. The molecule has 7 nitrogen and oxygen atoms in total. The molecule has 2 aromatic rings. The van der Waals surface area contributed by atoms with E-state index >= 15 is 0 Å². The van der Waals surface area contributed by atoms with E-state index in [1.54, 1.807) is 31.3 Å². The molecule has 1 amide bonds. The smallest absolute Gasteiger partial charge is 0.252 e. The summed E-state index contributed by atoms with van der Waals surface area (Å²) < 4.78 is 38.4. The minimum Gasteiger partial charge on any atom is -0.371 e. The predicted octanol–water partition coefficient (Wildman–Crippen LogP) is 3.60. The average molecular weight is 469 g/mol. The topological polar surface area (TPSA) is 89.8 Å². The van der Waals surface area contributed by atoms with Gasteiger partial charge in [0.25, 0.3) is 5.91 Å². The van der Waals surface area contributed by atoms with Gasteiger partial charge in [0.15, 0.2) is 11.4 Å². The van der Waals surface area contributed by atoms with E-state index in [0.29, 0.717) is 11.1 Å². The Labute approximate surface area is 198 Å². The van der Waals surface area contributed by atoms with Crippen LogP contribution in [-0.2, 0) is 37.0 Å². The van der Waals surface area contributed by atoms with Gasteiger partial charge in [0, 0.05) is 19.9 Å². The summed E-state index contributed by atoms with van der Waals surface area (Å²) >= 11 is 0. The van der Waals surface area contributed by atoms with Crippen LogP contribution in [0.2, 0.25) is 0 Å². The normalized spacial score (nSPS) is 27.6. The molecule has 1 saturated heterocycles. The van der Waals surface area contributed by atoms with E-state index < -0.39 is 29.7 Å². The third kappa shape index (κ3) is 5.13. The zero-order valence-corrected chi connectivity index (χ0v) is 19.5. The molecule has 0 spiro atoms. The summed E-state index contributed by atoms with van der Waals surface area (Å²) in [6, 6.07) is 15.5. The molecule has 1 unspecified atom stereocenters. The van der Waals surface area contributed by atoms with Crippen molar-refractivity contribution in [3.63, 3.8) is 0 Å². The standard InChI is InChI=1S/C26H29FN2O5/c1-25(2)33-22-13-26(24(30)29-3,32-15-17-7-6-10-20(27)11-17)12-21(23(22)34-25)31-16-19-9-5-4-8-18(19)14-28/h4-11,21-23H,12-13,15-16H2,1-3H3,(H,29,30)/t21?,22-,23+,26-/m1/s1. The maximum atomic E-state index is 13.7. The number of hydrogen-bond donors (Lipinski definition) is 1. The van der Waals surface area contributed by atoms with Crippen LogP contribution in [0.3, 0.4) is 0 Å². The van der Waals surface area contributed by atoms with Gasteiger partial charge in [-0.05, 0) is 43.2 Å². The fourth-order valence-electron chi connectivity index (χ4n) is 4.74. The first kappa shape index (κ1) is 24.3. The Morgan fingerprint density at radius 2 is 1.97 bits per heavy atom. The van der Waals surface area contributed by atoms with Gasteiger partial charge in [-0.15, -0.1) is 0 Å². The largest absolute Gasteiger partial charge is 0.371 e. The summed E-state index contributed by atoms with van der Waals surface area (Å²) in [6.45, 7) is 3.87. The number of benzene rings is 2. The summed E-state index contributed by atoms with van der Waals surface area (Å²) in [5, 5.41) is 12.1. The van der Waals surface area contributed by atoms with Crippen molar-refractivity contribution in [1.29, 1.82) is 5.26 Å². The lowest BCUT2D eigenvalue weighted by molar-refractivity contribution is -0.183. The van der Waals surface area contributed by atoms with Gasteiger partial charge in [0.2, 0.25) is 0 Å². The molecule has 2 aromatic carbocycles. The van der Waals surface area contributed by atoms with Gasteiger partial charge in [0.1, 0.15) is 11.9 Å². The lowest BCUT2D eigenvalue weighted by atomic mass is 9.78. The van der Waals surface area contributed by atoms with Crippen LogP contribution in [0, 0.1) is 17.1 Å². The van der Waals surface area contributed by atoms with E-state index in [2.05, 4.69) is 11.4 Å². The highest BCUT2D eigenvalue weighted by Crippen LogP contribution is 2.44. The van der Waals surface area contributed by atoms with Crippen molar-refractivity contribution in [2.45, 2.75) is 69.6 Å². The van der Waals surface area contributed by atoms with Crippen LogP contribution in [0.4, 0.5) is 4.39 Å². The highest BCUT2D eigenvalue weighted by Gasteiger charge is 2.57. The number of carbonyl (C=O) groups is 1. The molecule has 34 heavy (non-hydrogen) atoms. The zero-order valence-electron chi connectivity index (χ0n) is 19.5. The van der Waals surface area contributed by atoms with E-state index in [1.807, 2.05) is 26.0 Å². The number of hydrogen-bond acceptors (Lipinski definition) is 6. The Balaban J connectivity index is 1.60. The van der Waals surface area contributed by atoms with Crippen LogP contribution in [0.1, 0.15) is 43.4 Å². The molecule has 2 fully saturated rings. The Kier molecular flexibility index (Phi) is 7.01. The van der Waals surface area contributed by atoms with E-state index in [1.165, 1.54) is 12.1 Å². The number of nitriles is 1. The van der Waals surface area contributed by atoms with Crippen molar-refractivity contribution in [2.75, 3.05) is 7.05 Å². The number of amides is 1. The first-order valence-corrected chi connectivity index (χ1v) is 11.3. The van der Waals surface area contributed by atoms with Crippen molar-refractivity contribution in [3.05, 3.63) is 71.0 Å². The summed E-state index contributed by atoms with van der Waals surface area (Å²) in [5.74, 6) is -1.52. The number of nitrogens with one attached hydrogen (secondary N) is 1. The van der Waals surface area contributed by atoms with Gasteiger partial charge in [-0.1, -0.05) is 30.3 Å². The summed E-state index contributed by atoms with van der Waals surface area (Å²) in [5.41, 5.74) is 0.635. The number of halogens is 1. The fourth-order valence-corrected chi connectivity index (χ4v) is 4.74. The van der Waals surface area contributed by atoms with Gasteiger partial charge in [-0.3, -0.25) is 4.79 Å². The van der Waals surface area contributed by atoms with Gasteiger partial charge in [0.05, 0.1) is 37.1 Å². The second kappa shape index (κ2) is 9.80. The van der Waals surface area contributed by atoms with Crippen LogP contribution in [0.25, 0.3) is 0 Å². The molecular formula is C26H29FN2O5. The van der Waals surface area contributed by atoms with Crippen LogP contribution < -0.4 is 5.32 Å². The molecule has 1 heterocycles. The van der Waals surface area contributed by atoms with E-state index in [-0.39, 0.29) is 37.8 Å². The van der Waals surface area contributed by atoms with E-state index in [9.17, 15) is 14.4 Å². The van der Waals surface area contributed by atoms with Crippen molar-refractivity contribution in [2.24, 2.45) is 0 Å². The van der Waals surface area contributed by atoms with Crippen molar-refractivity contribution in [3.8, 4) is 6.07 Å². The summed E-state index contributed by atoms with van der Waals surface area (Å²) in [6.07, 6.45) is -0.885. The minimum atomic E-state index is -1.26. The van der Waals surface area contributed by atoms with Crippen molar-refractivity contribution < 1.29 is 28.1 Å². The molecule has 8 heteroatoms. The van der Waals surface area contributed by atoms with E-state index in [0.717, 1.165) is 5.56 Å². The zero-order chi connectivity index (χ0) is 24.3. The van der Waals surface area contributed by atoms with Crippen LogP contribution >= 0.6 is 0 Å². The van der Waals surface area contributed by atoms with Gasteiger partial charge < -0.3 is 24.3 Å². The fraction of sp³-hybridized carbons (Fsp3) is 0.462. The Morgan fingerprint density at radius 1 is 1.18 bits per heavy atom. The van der Waals surface area contributed by atoms with E-state index in [4.69, 9.17) is 18.9 Å². The molecule has 4 rings (SSSR count). The van der Waals surface area contributed by atoms with Gasteiger partial charge in [-0.25, -0.2) is 4.39 Å².